The molecule has 2 atom stereocenters. The average Bonchev–Trinajstić information content (AvgIpc) is 2.85. The first-order valence-corrected chi connectivity index (χ1v) is 5.72. The van der Waals surface area contributed by atoms with Crippen molar-refractivity contribution in [2.24, 2.45) is 0 Å². The summed E-state index contributed by atoms with van der Waals surface area (Å²) in [7, 11) is 0. The summed E-state index contributed by atoms with van der Waals surface area (Å²) >= 11 is 0. The summed E-state index contributed by atoms with van der Waals surface area (Å²) in [5.74, 6) is 0.913. The Kier molecular flexibility index (Phi) is 2.29. The van der Waals surface area contributed by atoms with Gasteiger partial charge in [0.15, 0.2) is 0 Å². The molecule has 2 aliphatic rings. The predicted octanol–water partition coefficient (Wildman–Crippen LogP) is 1.13. The SMILES string of the molecule is c1cnnc(NC2CCN3CCCC23)c1. The van der Waals surface area contributed by atoms with Gasteiger partial charge in [-0.2, -0.15) is 5.10 Å². The number of anilines is 1. The Balaban J connectivity index is 1.69. The van der Waals surface area contributed by atoms with E-state index in [1.165, 1.54) is 32.4 Å². The highest BCUT2D eigenvalue weighted by atomic mass is 15.3. The van der Waals surface area contributed by atoms with Crippen LogP contribution < -0.4 is 5.32 Å². The molecular weight excluding hydrogens is 188 g/mol. The number of fused-ring (bicyclic) bond motifs is 1. The summed E-state index contributed by atoms with van der Waals surface area (Å²) in [6.07, 6.45) is 5.63. The molecule has 1 N–H and O–H groups in total. The zero-order valence-electron chi connectivity index (χ0n) is 8.76. The van der Waals surface area contributed by atoms with Crippen LogP contribution in [0.4, 0.5) is 5.82 Å². The van der Waals surface area contributed by atoms with Crippen molar-refractivity contribution >= 4 is 5.82 Å². The summed E-state index contributed by atoms with van der Waals surface area (Å²) in [6.45, 7) is 2.52. The number of nitrogens with zero attached hydrogens (tertiary/aromatic N) is 3. The normalized spacial score (nSPS) is 30.4. The predicted molar refractivity (Wildman–Crippen MR) is 58.7 cm³/mol. The second-order valence-corrected chi connectivity index (χ2v) is 4.39. The van der Waals surface area contributed by atoms with Crippen molar-refractivity contribution in [1.29, 1.82) is 0 Å². The molecule has 2 aliphatic heterocycles. The van der Waals surface area contributed by atoms with Crippen molar-refractivity contribution in [2.75, 3.05) is 18.4 Å². The van der Waals surface area contributed by atoms with Gasteiger partial charge in [0.2, 0.25) is 0 Å². The minimum absolute atomic E-state index is 0.573. The van der Waals surface area contributed by atoms with E-state index in [0.717, 1.165) is 11.9 Å². The Morgan fingerprint density at radius 3 is 3.20 bits per heavy atom. The first-order chi connectivity index (χ1) is 7.43. The van der Waals surface area contributed by atoms with Gasteiger partial charge in [0.05, 0.1) is 0 Å². The third-order valence-electron chi connectivity index (χ3n) is 3.51. The fourth-order valence-electron chi connectivity index (χ4n) is 2.82. The van der Waals surface area contributed by atoms with E-state index in [2.05, 4.69) is 20.4 Å². The van der Waals surface area contributed by atoms with Crippen LogP contribution >= 0.6 is 0 Å². The Hall–Kier alpha value is -1.16. The molecule has 0 amide bonds. The Bertz CT molecular complexity index is 327. The topological polar surface area (TPSA) is 41.1 Å². The average molecular weight is 204 g/mol. The van der Waals surface area contributed by atoms with E-state index >= 15 is 0 Å². The fourth-order valence-corrected chi connectivity index (χ4v) is 2.82. The smallest absolute Gasteiger partial charge is 0.148 e. The summed E-state index contributed by atoms with van der Waals surface area (Å²) in [4.78, 5) is 2.59. The van der Waals surface area contributed by atoms with Crippen LogP contribution in [-0.4, -0.2) is 40.3 Å². The zero-order chi connectivity index (χ0) is 10.1. The lowest BCUT2D eigenvalue weighted by atomic mass is 10.1. The van der Waals surface area contributed by atoms with Crippen molar-refractivity contribution in [1.82, 2.24) is 15.1 Å². The molecule has 3 heterocycles. The van der Waals surface area contributed by atoms with Crippen LogP contribution in [0.15, 0.2) is 18.3 Å². The van der Waals surface area contributed by atoms with Gasteiger partial charge in [0.1, 0.15) is 5.82 Å². The van der Waals surface area contributed by atoms with Gasteiger partial charge in [-0.1, -0.05) is 0 Å². The van der Waals surface area contributed by atoms with Crippen LogP contribution in [0.3, 0.4) is 0 Å². The lowest BCUT2D eigenvalue weighted by molar-refractivity contribution is 0.318. The molecule has 0 aromatic carbocycles. The largest absolute Gasteiger partial charge is 0.364 e. The monoisotopic (exact) mass is 204 g/mol. The van der Waals surface area contributed by atoms with Gasteiger partial charge in [0.25, 0.3) is 0 Å². The third kappa shape index (κ3) is 1.69. The lowest BCUT2D eigenvalue weighted by Crippen LogP contribution is -2.34. The molecule has 2 unspecified atom stereocenters. The van der Waals surface area contributed by atoms with Gasteiger partial charge in [0, 0.05) is 24.8 Å². The van der Waals surface area contributed by atoms with Gasteiger partial charge in [-0.3, -0.25) is 4.90 Å². The molecule has 2 fully saturated rings. The summed E-state index contributed by atoms with van der Waals surface area (Å²) in [5, 5.41) is 11.5. The van der Waals surface area contributed by atoms with Gasteiger partial charge >= 0.3 is 0 Å². The van der Waals surface area contributed by atoms with Gasteiger partial charge in [-0.25, -0.2) is 0 Å². The fraction of sp³-hybridized carbons (Fsp3) is 0.636. The molecule has 1 aromatic heterocycles. The standard InChI is InChI=1S/C11H16N4/c1-4-11(14-12-6-1)13-9-5-8-15-7-2-3-10(9)15/h1,4,6,9-10H,2-3,5,7-8H2,(H,13,14). The Labute approximate surface area is 89.7 Å². The van der Waals surface area contributed by atoms with Gasteiger partial charge < -0.3 is 5.32 Å². The van der Waals surface area contributed by atoms with E-state index in [0.29, 0.717) is 6.04 Å². The highest BCUT2D eigenvalue weighted by molar-refractivity contribution is 5.34. The zero-order valence-corrected chi connectivity index (χ0v) is 8.76. The second-order valence-electron chi connectivity index (χ2n) is 4.39. The summed E-state index contributed by atoms with van der Waals surface area (Å²) < 4.78 is 0. The van der Waals surface area contributed by atoms with Crippen molar-refractivity contribution in [2.45, 2.75) is 31.3 Å². The first kappa shape index (κ1) is 9.09. The molecule has 0 radical (unpaired) electrons. The second kappa shape index (κ2) is 3.77. The van der Waals surface area contributed by atoms with Crippen LogP contribution in [0.25, 0.3) is 0 Å². The van der Waals surface area contributed by atoms with E-state index in [4.69, 9.17) is 0 Å². The number of nitrogens with one attached hydrogen (secondary N) is 1. The summed E-state index contributed by atoms with van der Waals surface area (Å²) in [5.41, 5.74) is 0. The highest BCUT2D eigenvalue weighted by Gasteiger charge is 2.37. The van der Waals surface area contributed by atoms with Crippen molar-refractivity contribution < 1.29 is 0 Å². The van der Waals surface area contributed by atoms with E-state index in [1.807, 2.05) is 12.1 Å². The molecule has 4 heteroatoms. The number of hydrogen-bond acceptors (Lipinski definition) is 4. The maximum Gasteiger partial charge on any atom is 0.148 e. The molecule has 0 aliphatic carbocycles. The molecule has 3 rings (SSSR count). The van der Waals surface area contributed by atoms with E-state index in [9.17, 15) is 0 Å². The van der Waals surface area contributed by atoms with Crippen LogP contribution in [0, 0.1) is 0 Å². The number of aromatic nitrogens is 2. The minimum Gasteiger partial charge on any atom is -0.364 e. The Morgan fingerprint density at radius 1 is 1.33 bits per heavy atom. The van der Waals surface area contributed by atoms with E-state index < -0.39 is 0 Å². The molecule has 1 aromatic rings. The molecule has 0 spiro atoms. The lowest BCUT2D eigenvalue weighted by Gasteiger charge is -2.21. The minimum atomic E-state index is 0.573. The Morgan fingerprint density at radius 2 is 2.33 bits per heavy atom. The third-order valence-corrected chi connectivity index (χ3v) is 3.51. The molecule has 15 heavy (non-hydrogen) atoms. The maximum absolute atomic E-state index is 4.08. The van der Waals surface area contributed by atoms with Crippen LogP contribution in [0.5, 0.6) is 0 Å². The molecular formula is C11H16N4. The van der Waals surface area contributed by atoms with Crippen molar-refractivity contribution in [3.8, 4) is 0 Å². The number of rotatable bonds is 2. The molecule has 4 nitrogen and oxygen atoms in total. The highest BCUT2D eigenvalue weighted by Crippen LogP contribution is 2.29. The molecule has 80 valence electrons. The van der Waals surface area contributed by atoms with Gasteiger partial charge in [-0.15, -0.1) is 5.10 Å². The van der Waals surface area contributed by atoms with Crippen LogP contribution in [0.2, 0.25) is 0 Å². The quantitative estimate of drug-likeness (QED) is 0.784. The van der Waals surface area contributed by atoms with E-state index in [1.54, 1.807) is 6.20 Å². The number of hydrogen-bond donors (Lipinski definition) is 1. The molecule has 0 saturated carbocycles. The van der Waals surface area contributed by atoms with E-state index in [-0.39, 0.29) is 0 Å². The van der Waals surface area contributed by atoms with Crippen LogP contribution in [0.1, 0.15) is 19.3 Å². The maximum atomic E-state index is 4.08. The molecule has 0 bridgehead atoms. The first-order valence-electron chi connectivity index (χ1n) is 5.72. The van der Waals surface area contributed by atoms with Crippen molar-refractivity contribution in [3.63, 3.8) is 0 Å². The van der Waals surface area contributed by atoms with Gasteiger partial charge in [-0.05, 0) is 37.9 Å². The molecule has 2 saturated heterocycles. The summed E-state index contributed by atoms with van der Waals surface area (Å²) in [6, 6.07) is 5.22. The van der Waals surface area contributed by atoms with Crippen molar-refractivity contribution in [3.05, 3.63) is 18.3 Å². The van der Waals surface area contributed by atoms with Crippen LogP contribution in [-0.2, 0) is 0 Å².